The molecule has 0 heterocycles. The van der Waals surface area contributed by atoms with Crippen molar-refractivity contribution in [2.75, 3.05) is 0 Å². The van der Waals surface area contributed by atoms with E-state index < -0.39 is 11.9 Å². The number of rotatable bonds is 5. The Bertz CT molecular complexity index is 584. The van der Waals surface area contributed by atoms with Gasteiger partial charge in [-0.1, -0.05) is 37.6 Å². The Kier molecular flexibility index (Phi) is 5.12. The molecule has 0 unspecified atom stereocenters. The Labute approximate surface area is 137 Å². The van der Waals surface area contributed by atoms with Crippen molar-refractivity contribution in [1.29, 1.82) is 0 Å². The van der Waals surface area contributed by atoms with Crippen LogP contribution in [0.15, 0.2) is 35.5 Å². The predicted octanol–water partition coefficient (Wildman–Crippen LogP) is 4.05. The second kappa shape index (κ2) is 6.73. The second-order valence-electron chi connectivity index (χ2n) is 7.26. The zero-order valence-corrected chi connectivity index (χ0v) is 14.1. The number of carbonyl (C=O) groups is 2. The summed E-state index contributed by atoms with van der Waals surface area (Å²) in [6, 6.07) is 0. The normalized spacial score (nSPS) is 33.8. The van der Waals surface area contributed by atoms with Crippen molar-refractivity contribution in [3.05, 3.63) is 35.5 Å². The van der Waals surface area contributed by atoms with Gasteiger partial charge in [0, 0.05) is 17.1 Å². The number of hydrogen-bond donors (Lipinski definition) is 2. The maximum atomic E-state index is 11.6. The van der Waals surface area contributed by atoms with Gasteiger partial charge in [0.05, 0.1) is 0 Å². The highest BCUT2D eigenvalue weighted by Gasteiger charge is 2.48. The van der Waals surface area contributed by atoms with Crippen molar-refractivity contribution >= 4 is 11.9 Å². The van der Waals surface area contributed by atoms with Gasteiger partial charge < -0.3 is 10.2 Å². The highest BCUT2D eigenvalue weighted by atomic mass is 16.4. The summed E-state index contributed by atoms with van der Waals surface area (Å²) in [4.78, 5) is 22.4. The van der Waals surface area contributed by atoms with E-state index >= 15 is 0 Å². The van der Waals surface area contributed by atoms with Gasteiger partial charge in [0.2, 0.25) is 0 Å². The van der Waals surface area contributed by atoms with Crippen LogP contribution in [-0.2, 0) is 9.59 Å². The lowest BCUT2D eigenvalue weighted by Gasteiger charge is -2.49. The topological polar surface area (TPSA) is 74.6 Å². The summed E-state index contributed by atoms with van der Waals surface area (Å²) in [5, 5.41) is 18.4. The average molecular weight is 318 g/mol. The molecule has 126 valence electrons. The molecule has 2 N–H and O–H groups in total. The molecular weight excluding hydrogens is 292 g/mol. The molecule has 2 aliphatic rings. The van der Waals surface area contributed by atoms with Gasteiger partial charge in [-0.15, -0.1) is 0 Å². The molecule has 4 nitrogen and oxygen atoms in total. The molecule has 0 radical (unpaired) electrons. The number of carboxylic acids is 2. The highest BCUT2D eigenvalue weighted by molar-refractivity contribution is 5.89. The van der Waals surface area contributed by atoms with E-state index in [2.05, 4.69) is 19.9 Å². The molecule has 4 atom stereocenters. The Hall–Kier alpha value is -1.84. The minimum atomic E-state index is -0.905. The maximum Gasteiger partial charge on any atom is 0.332 e. The SMILES string of the molecule is C/C(=C\C(=O)O)CC[C@@H]1[C@H]2C=CC=C(C(=O)O)[C@]2(C)CC[C@@H]1C. The summed E-state index contributed by atoms with van der Waals surface area (Å²) in [6.07, 6.45) is 10.6. The molecule has 0 aliphatic heterocycles. The Balaban J connectivity index is 2.20. The zero-order valence-electron chi connectivity index (χ0n) is 14.1. The van der Waals surface area contributed by atoms with Gasteiger partial charge in [-0.25, -0.2) is 9.59 Å². The Morgan fingerprint density at radius 1 is 1.39 bits per heavy atom. The summed E-state index contributed by atoms with van der Waals surface area (Å²) in [7, 11) is 0. The first-order chi connectivity index (χ1) is 10.8. The van der Waals surface area contributed by atoms with Crippen molar-refractivity contribution in [1.82, 2.24) is 0 Å². The quantitative estimate of drug-likeness (QED) is 0.750. The first kappa shape index (κ1) is 17.5. The molecule has 4 heteroatoms. The van der Waals surface area contributed by atoms with Gasteiger partial charge in [-0.2, -0.15) is 0 Å². The van der Waals surface area contributed by atoms with E-state index in [1.54, 1.807) is 6.08 Å². The number of carboxylic acid groups (broad SMARTS) is 2. The monoisotopic (exact) mass is 318 g/mol. The van der Waals surface area contributed by atoms with E-state index in [-0.39, 0.29) is 11.3 Å². The van der Waals surface area contributed by atoms with Crippen LogP contribution in [-0.4, -0.2) is 22.2 Å². The number of fused-ring (bicyclic) bond motifs is 1. The van der Waals surface area contributed by atoms with Crippen LogP contribution in [0, 0.1) is 23.2 Å². The van der Waals surface area contributed by atoms with Gasteiger partial charge in [-0.05, 0) is 50.4 Å². The van der Waals surface area contributed by atoms with Crippen molar-refractivity contribution in [2.45, 2.75) is 46.5 Å². The molecule has 2 aliphatic carbocycles. The summed E-state index contributed by atoms with van der Waals surface area (Å²) < 4.78 is 0. The molecule has 0 bridgehead atoms. The smallest absolute Gasteiger partial charge is 0.332 e. The summed E-state index contributed by atoms with van der Waals surface area (Å²) in [5.74, 6) is -0.622. The van der Waals surface area contributed by atoms with Gasteiger partial charge in [0.25, 0.3) is 0 Å². The maximum absolute atomic E-state index is 11.6. The number of hydrogen-bond acceptors (Lipinski definition) is 2. The van der Waals surface area contributed by atoms with Gasteiger partial charge in [0.1, 0.15) is 0 Å². The van der Waals surface area contributed by atoms with Crippen LogP contribution in [0.1, 0.15) is 46.5 Å². The summed E-state index contributed by atoms with van der Waals surface area (Å²) >= 11 is 0. The van der Waals surface area contributed by atoms with E-state index in [0.29, 0.717) is 17.4 Å². The van der Waals surface area contributed by atoms with E-state index in [1.807, 2.05) is 13.0 Å². The van der Waals surface area contributed by atoms with Crippen LogP contribution < -0.4 is 0 Å². The summed E-state index contributed by atoms with van der Waals surface area (Å²) in [6.45, 7) is 6.15. The summed E-state index contributed by atoms with van der Waals surface area (Å²) in [5.41, 5.74) is 1.06. The molecule has 1 saturated carbocycles. The lowest BCUT2D eigenvalue weighted by atomic mass is 9.54. The molecule has 23 heavy (non-hydrogen) atoms. The van der Waals surface area contributed by atoms with Crippen LogP contribution in [0.2, 0.25) is 0 Å². The molecule has 0 saturated heterocycles. The Morgan fingerprint density at radius 3 is 2.70 bits per heavy atom. The molecule has 0 spiro atoms. The van der Waals surface area contributed by atoms with Crippen LogP contribution in [0.5, 0.6) is 0 Å². The first-order valence-corrected chi connectivity index (χ1v) is 8.28. The van der Waals surface area contributed by atoms with E-state index in [4.69, 9.17) is 5.11 Å². The number of aliphatic carboxylic acids is 2. The van der Waals surface area contributed by atoms with Gasteiger partial charge in [-0.3, -0.25) is 0 Å². The van der Waals surface area contributed by atoms with E-state index in [1.165, 1.54) is 6.08 Å². The fourth-order valence-electron chi connectivity index (χ4n) is 4.32. The van der Waals surface area contributed by atoms with Crippen molar-refractivity contribution < 1.29 is 19.8 Å². The molecule has 0 aromatic rings. The molecule has 0 amide bonds. The third kappa shape index (κ3) is 3.57. The minimum absolute atomic E-state index is 0.208. The van der Waals surface area contributed by atoms with Crippen molar-refractivity contribution in [2.24, 2.45) is 23.2 Å². The van der Waals surface area contributed by atoms with Gasteiger partial charge >= 0.3 is 11.9 Å². The molecular formula is C19H26O4. The van der Waals surface area contributed by atoms with E-state index in [9.17, 15) is 14.7 Å². The van der Waals surface area contributed by atoms with Crippen LogP contribution in [0.4, 0.5) is 0 Å². The van der Waals surface area contributed by atoms with Crippen LogP contribution in [0.25, 0.3) is 0 Å². The first-order valence-electron chi connectivity index (χ1n) is 8.28. The third-order valence-electron chi connectivity index (χ3n) is 5.72. The Morgan fingerprint density at radius 2 is 2.09 bits per heavy atom. The standard InChI is InChI=1S/C19H26O4/c1-12(11-17(20)21)7-8-14-13(2)9-10-19(3)15(14)5-4-6-16(19)18(22)23/h4-6,11,13-15H,7-10H2,1-3H3,(H,20,21)(H,22,23)/b12-11+/t13-,14-,15+,19+/m0/s1. The molecule has 1 fully saturated rings. The lowest BCUT2D eigenvalue weighted by molar-refractivity contribution is -0.135. The predicted molar refractivity (Wildman–Crippen MR) is 89.0 cm³/mol. The van der Waals surface area contributed by atoms with Crippen LogP contribution in [0.3, 0.4) is 0 Å². The van der Waals surface area contributed by atoms with Crippen LogP contribution >= 0.6 is 0 Å². The van der Waals surface area contributed by atoms with Gasteiger partial charge in [0.15, 0.2) is 0 Å². The fourth-order valence-corrected chi connectivity index (χ4v) is 4.32. The third-order valence-corrected chi connectivity index (χ3v) is 5.72. The minimum Gasteiger partial charge on any atom is -0.478 e. The van der Waals surface area contributed by atoms with E-state index in [0.717, 1.165) is 31.3 Å². The molecule has 2 rings (SSSR count). The molecule has 0 aromatic heterocycles. The largest absolute Gasteiger partial charge is 0.478 e. The van der Waals surface area contributed by atoms with Crippen molar-refractivity contribution in [3.63, 3.8) is 0 Å². The highest BCUT2D eigenvalue weighted by Crippen LogP contribution is 2.54. The lowest BCUT2D eigenvalue weighted by Crippen LogP contribution is -2.43. The van der Waals surface area contributed by atoms with Crippen molar-refractivity contribution in [3.8, 4) is 0 Å². The molecule has 0 aromatic carbocycles. The second-order valence-corrected chi connectivity index (χ2v) is 7.26. The number of allylic oxidation sites excluding steroid dienone is 4. The zero-order chi connectivity index (χ0) is 17.2. The fraction of sp³-hybridized carbons (Fsp3) is 0.579. The average Bonchev–Trinajstić information content (AvgIpc) is 2.45.